The molecule has 2 N–H and O–H groups in total. The molecule has 1 aromatic carbocycles. The molecule has 1 rings (SSSR count). The van der Waals surface area contributed by atoms with Crippen LogP contribution in [-0.2, 0) is 0 Å². The summed E-state index contributed by atoms with van der Waals surface area (Å²) in [5.41, 5.74) is 6.61. The Balaban J connectivity index is 3.00. The van der Waals surface area contributed by atoms with Gasteiger partial charge in [-0.25, -0.2) is 0 Å². The minimum atomic E-state index is 0.307. The van der Waals surface area contributed by atoms with Crippen LogP contribution in [0.15, 0.2) is 18.2 Å². The van der Waals surface area contributed by atoms with Gasteiger partial charge in [0.1, 0.15) is 0 Å². The summed E-state index contributed by atoms with van der Waals surface area (Å²) in [6, 6.07) is 5.51. The topological polar surface area (TPSA) is 26.0 Å². The van der Waals surface area contributed by atoms with Crippen molar-refractivity contribution in [1.29, 1.82) is 0 Å². The SMILES string of the molecule is C[C@@H](CN)c1cc(Cl)cc(Cl)c1. The number of halogens is 2. The molecule has 0 amide bonds. The summed E-state index contributed by atoms with van der Waals surface area (Å²) in [6.45, 7) is 2.65. The van der Waals surface area contributed by atoms with Gasteiger partial charge in [0.15, 0.2) is 0 Å². The van der Waals surface area contributed by atoms with Crippen molar-refractivity contribution in [2.45, 2.75) is 12.8 Å². The zero-order valence-electron chi connectivity index (χ0n) is 6.85. The summed E-state index contributed by atoms with van der Waals surface area (Å²) in [6.07, 6.45) is 0. The van der Waals surface area contributed by atoms with Crippen LogP contribution in [0.1, 0.15) is 18.4 Å². The van der Waals surface area contributed by atoms with Gasteiger partial charge >= 0.3 is 0 Å². The van der Waals surface area contributed by atoms with Crippen LogP contribution in [0.3, 0.4) is 0 Å². The number of benzene rings is 1. The number of rotatable bonds is 2. The van der Waals surface area contributed by atoms with E-state index in [4.69, 9.17) is 28.9 Å². The van der Waals surface area contributed by atoms with Crippen molar-refractivity contribution in [2.75, 3.05) is 6.54 Å². The molecule has 0 spiro atoms. The zero-order chi connectivity index (χ0) is 9.14. The van der Waals surface area contributed by atoms with E-state index in [1.807, 2.05) is 19.1 Å². The van der Waals surface area contributed by atoms with E-state index in [0.29, 0.717) is 22.5 Å². The standard InChI is InChI=1S/C9H11Cl2N/c1-6(5-12)7-2-8(10)4-9(11)3-7/h2-4,6H,5,12H2,1H3/t6-/m0/s1. The average Bonchev–Trinajstić information content (AvgIpc) is 2.01. The second-order valence-corrected chi connectivity index (χ2v) is 3.71. The quantitative estimate of drug-likeness (QED) is 0.787. The molecule has 0 aliphatic carbocycles. The minimum Gasteiger partial charge on any atom is -0.330 e. The molecular weight excluding hydrogens is 193 g/mol. The highest BCUT2D eigenvalue weighted by molar-refractivity contribution is 6.34. The highest BCUT2D eigenvalue weighted by Crippen LogP contribution is 2.23. The van der Waals surface area contributed by atoms with Gasteiger partial charge in [0.25, 0.3) is 0 Å². The molecule has 0 radical (unpaired) electrons. The van der Waals surface area contributed by atoms with E-state index >= 15 is 0 Å². The molecule has 0 saturated carbocycles. The van der Waals surface area contributed by atoms with E-state index < -0.39 is 0 Å². The Morgan fingerprint density at radius 2 is 1.75 bits per heavy atom. The normalized spacial score (nSPS) is 13.0. The lowest BCUT2D eigenvalue weighted by molar-refractivity contribution is 0.774. The molecule has 0 unspecified atom stereocenters. The monoisotopic (exact) mass is 203 g/mol. The lowest BCUT2D eigenvalue weighted by atomic mass is 10.0. The van der Waals surface area contributed by atoms with E-state index in [-0.39, 0.29) is 0 Å². The molecule has 3 heteroatoms. The maximum absolute atomic E-state index is 5.83. The summed E-state index contributed by atoms with van der Waals surface area (Å²) in [5, 5.41) is 1.33. The minimum absolute atomic E-state index is 0.307. The third-order valence-corrected chi connectivity index (χ3v) is 2.24. The molecule has 0 saturated heterocycles. The molecule has 0 aliphatic rings. The summed E-state index contributed by atoms with van der Waals surface area (Å²) in [4.78, 5) is 0. The summed E-state index contributed by atoms with van der Waals surface area (Å²) >= 11 is 11.7. The van der Waals surface area contributed by atoms with Gasteiger partial charge in [-0.05, 0) is 36.2 Å². The molecule has 12 heavy (non-hydrogen) atoms. The highest BCUT2D eigenvalue weighted by atomic mass is 35.5. The van der Waals surface area contributed by atoms with Crippen LogP contribution in [-0.4, -0.2) is 6.54 Å². The van der Waals surface area contributed by atoms with Crippen LogP contribution in [0.5, 0.6) is 0 Å². The second kappa shape index (κ2) is 4.13. The van der Waals surface area contributed by atoms with E-state index in [2.05, 4.69) is 0 Å². The van der Waals surface area contributed by atoms with E-state index in [9.17, 15) is 0 Å². The predicted octanol–water partition coefficient (Wildman–Crippen LogP) is 3.06. The van der Waals surface area contributed by atoms with Gasteiger partial charge in [0.2, 0.25) is 0 Å². The van der Waals surface area contributed by atoms with Gasteiger partial charge in [-0.15, -0.1) is 0 Å². The molecule has 1 aromatic rings. The molecule has 0 heterocycles. The Labute approximate surface area is 82.5 Å². The van der Waals surface area contributed by atoms with Gasteiger partial charge in [-0.1, -0.05) is 30.1 Å². The van der Waals surface area contributed by atoms with Crippen molar-refractivity contribution in [3.63, 3.8) is 0 Å². The number of nitrogens with two attached hydrogens (primary N) is 1. The van der Waals surface area contributed by atoms with Crippen LogP contribution in [0.4, 0.5) is 0 Å². The van der Waals surface area contributed by atoms with E-state index in [1.165, 1.54) is 0 Å². The molecule has 0 bridgehead atoms. The first-order valence-electron chi connectivity index (χ1n) is 3.79. The summed E-state index contributed by atoms with van der Waals surface area (Å²) < 4.78 is 0. The first kappa shape index (κ1) is 9.85. The Hall–Kier alpha value is -0.240. The van der Waals surface area contributed by atoms with Crippen molar-refractivity contribution >= 4 is 23.2 Å². The van der Waals surface area contributed by atoms with E-state index in [0.717, 1.165) is 5.56 Å². The first-order chi connectivity index (χ1) is 5.63. The molecule has 0 fully saturated rings. The molecule has 66 valence electrons. The van der Waals surface area contributed by atoms with Gasteiger partial charge < -0.3 is 5.73 Å². The van der Waals surface area contributed by atoms with Crippen LogP contribution >= 0.6 is 23.2 Å². The van der Waals surface area contributed by atoms with Crippen LogP contribution in [0.25, 0.3) is 0 Å². The largest absolute Gasteiger partial charge is 0.330 e. The van der Waals surface area contributed by atoms with Crippen LogP contribution in [0.2, 0.25) is 10.0 Å². The zero-order valence-corrected chi connectivity index (χ0v) is 8.36. The van der Waals surface area contributed by atoms with Crippen molar-refractivity contribution in [3.05, 3.63) is 33.8 Å². The summed E-state index contributed by atoms with van der Waals surface area (Å²) in [5.74, 6) is 0.307. The Bertz CT molecular complexity index is 253. The second-order valence-electron chi connectivity index (χ2n) is 2.84. The Morgan fingerprint density at radius 3 is 2.17 bits per heavy atom. The van der Waals surface area contributed by atoms with Gasteiger partial charge in [-0.3, -0.25) is 0 Å². The van der Waals surface area contributed by atoms with Crippen LogP contribution < -0.4 is 5.73 Å². The fourth-order valence-corrected chi connectivity index (χ4v) is 1.54. The summed E-state index contributed by atoms with van der Waals surface area (Å²) in [7, 11) is 0. The molecule has 0 aromatic heterocycles. The molecule has 1 atom stereocenters. The predicted molar refractivity (Wildman–Crippen MR) is 53.9 cm³/mol. The molecule has 0 aliphatic heterocycles. The maximum Gasteiger partial charge on any atom is 0.0423 e. The third-order valence-electron chi connectivity index (χ3n) is 1.81. The number of hydrogen-bond acceptors (Lipinski definition) is 1. The van der Waals surface area contributed by atoms with Crippen molar-refractivity contribution in [1.82, 2.24) is 0 Å². The van der Waals surface area contributed by atoms with Crippen molar-refractivity contribution < 1.29 is 0 Å². The lowest BCUT2D eigenvalue weighted by Crippen LogP contribution is -2.08. The maximum atomic E-state index is 5.83. The number of hydrogen-bond donors (Lipinski definition) is 1. The third kappa shape index (κ3) is 2.37. The fraction of sp³-hybridized carbons (Fsp3) is 0.333. The van der Waals surface area contributed by atoms with Crippen molar-refractivity contribution in [3.8, 4) is 0 Å². The Morgan fingerprint density at radius 1 is 1.25 bits per heavy atom. The smallest absolute Gasteiger partial charge is 0.0423 e. The Kier molecular flexibility index (Phi) is 3.39. The fourth-order valence-electron chi connectivity index (χ4n) is 0.996. The highest BCUT2D eigenvalue weighted by Gasteiger charge is 2.04. The van der Waals surface area contributed by atoms with E-state index in [1.54, 1.807) is 6.07 Å². The molecule has 1 nitrogen and oxygen atoms in total. The van der Waals surface area contributed by atoms with Gasteiger partial charge in [0.05, 0.1) is 0 Å². The van der Waals surface area contributed by atoms with Gasteiger partial charge in [0, 0.05) is 10.0 Å². The average molecular weight is 204 g/mol. The van der Waals surface area contributed by atoms with Crippen molar-refractivity contribution in [2.24, 2.45) is 5.73 Å². The first-order valence-corrected chi connectivity index (χ1v) is 4.55. The lowest BCUT2D eigenvalue weighted by Gasteiger charge is -2.09. The van der Waals surface area contributed by atoms with Gasteiger partial charge in [-0.2, -0.15) is 0 Å². The molecular formula is C9H11Cl2N. The van der Waals surface area contributed by atoms with Crippen LogP contribution in [0, 0.1) is 0 Å².